The molecular weight excluding hydrogens is 236 g/mol. The second-order valence-electron chi connectivity index (χ2n) is 4.70. The van der Waals surface area contributed by atoms with Crippen LogP contribution in [-0.2, 0) is 11.3 Å². The molecule has 0 amide bonds. The minimum atomic E-state index is 0.826. The number of aromatic nitrogens is 2. The molecule has 0 N–H and O–H groups in total. The molecule has 0 bridgehead atoms. The van der Waals surface area contributed by atoms with Crippen LogP contribution >= 0.6 is 0 Å². The zero-order valence-electron chi connectivity index (χ0n) is 11.8. The zero-order chi connectivity index (χ0) is 13.5. The lowest BCUT2D eigenvalue weighted by atomic mass is 10.1. The Balaban J connectivity index is 1.95. The van der Waals surface area contributed by atoms with Crippen LogP contribution in [-0.4, -0.2) is 22.8 Å². The highest BCUT2D eigenvalue weighted by atomic mass is 16.5. The summed E-state index contributed by atoms with van der Waals surface area (Å²) in [6, 6.07) is 10.3. The first-order chi connectivity index (χ1) is 9.33. The van der Waals surface area contributed by atoms with Crippen LogP contribution < -0.4 is 0 Å². The van der Waals surface area contributed by atoms with Crippen LogP contribution in [0.15, 0.2) is 36.7 Å². The highest BCUT2D eigenvalue weighted by molar-refractivity contribution is 5.61. The highest BCUT2D eigenvalue weighted by Crippen LogP contribution is 2.21. The van der Waals surface area contributed by atoms with E-state index in [0.29, 0.717) is 0 Å². The molecule has 0 radical (unpaired) electrons. The third-order valence-electron chi connectivity index (χ3n) is 3.18. The lowest BCUT2D eigenvalue weighted by molar-refractivity contribution is 0.129. The summed E-state index contributed by atoms with van der Waals surface area (Å²) in [4.78, 5) is 4.52. The van der Waals surface area contributed by atoms with Crippen molar-refractivity contribution in [3.63, 3.8) is 0 Å². The molecule has 0 saturated heterocycles. The Hall–Kier alpha value is -1.61. The van der Waals surface area contributed by atoms with Gasteiger partial charge >= 0.3 is 0 Å². The molecule has 3 nitrogen and oxygen atoms in total. The molecule has 3 heteroatoms. The Bertz CT molecular complexity index is 491. The molecule has 2 aromatic rings. The molecule has 0 unspecified atom stereocenters. The van der Waals surface area contributed by atoms with E-state index < -0.39 is 0 Å². The maximum Gasteiger partial charge on any atom is 0.0955 e. The van der Waals surface area contributed by atoms with Gasteiger partial charge in [-0.15, -0.1) is 0 Å². The summed E-state index contributed by atoms with van der Waals surface area (Å²) in [6.45, 7) is 6.91. The summed E-state index contributed by atoms with van der Waals surface area (Å²) in [5.41, 5.74) is 3.48. The van der Waals surface area contributed by atoms with E-state index >= 15 is 0 Å². The molecule has 0 saturated carbocycles. The Morgan fingerprint density at radius 1 is 1.16 bits per heavy atom. The van der Waals surface area contributed by atoms with E-state index in [2.05, 4.69) is 35.5 Å². The maximum absolute atomic E-state index is 5.50. The first-order valence-electron chi connectivity index (χ1n) is 6.97. The van der Waals surface area contributed by atoms with Crippen LogP contribution in [0.4, 0.5) is 0 Å². The summed E-state index contributed by atoms with van der Waals surface area (Å²) in [6.07, 6.45) is 4.05. The van der Waals surface area contributed by atoms with E-state index in [1.165, 1.54) is 11.3 Å². The second-order valence-corrected chi connectivity index (χ2v) is 4.70. The Morgan fingerprint density at radius 3 is 2.68 bits per heavy atom. The number of aryl methyl sites for hydroxylation is 1. The average molecular weight is 258 g/mol. The molecule has 0 aliphatic heterocycles. The first kappa shape index (κ1) is 13.8. The molecule has 2 rings (SSSR count). The minimum absolute atomic E-state index is 0.826. The van der Waals surface area contributed by atoms with Crippen molar-refractivity contribution in [2.24, 2.45) is 0 Å². The number of nitrogens with zero attached hydrogens (tertiary/aromatic N) is 2. The van der Waals surface area contributed by atoms with E-state index in [4.69, 9.17) is 4.74 Å². The van der Waals surface area contributed by atoms with Gasteiger partial charge in [-0.1, -0.05) is 37.3 Å². The number of imidazole rings is 1. The van der Waals surface area contributed by atoms with E-state index in [0.717, 1.165) is 38.3 Å². The van der Waals surface area contributed by atoms with E-state index in [1.807, 2.05) is 24.5 Å². The number of rotatable bonds is 7. The fraction of sp³-hybridized carbons (Fsp3) is 0.438. The van der Waals surface area contributed by atoms with Crippen LogP contribution in [0, 0.1) is 6.92 Å². The fourth-order valence-electron chi connectivity index (χ4n) is 2.13. The summed E-state index contributed by atoms with van der Waals surface area (Å²) in [7, 11) is 0. The molecule has 0 aliphatic carbocycles. The molecule has 0 spiro atoms. The Morgan fingerprint density at radius 2 is 1.95 bits per heavy atom. The van der Waals surface area contributed by atoms with Gasteiger partial charge in [-0.25, -0.2) is 4.98 Å². The number of benzene rings is 1. The molecule has 102 valence electrons. The molecule has 1 aromatic carbocycles. The molecule has 1 aromatic heterocycles. The van der Waals surface area contributed by atoms with Gasteiger partial charge in [0.25, 0.3) is 0 Å². The van der Waals surface area contributed by atoms with Crippen molar-refractivity contribution in [3.8, 4) is 11.3 Å². The normalized spacial score (nSPS) is 10.8. The van der Waals surface area contributed by atoms with Gasteiger partial charge in [-0.3, -0.25) is 0 Å². The van der Waals surface area contributed by atoms with Crippen molar-refractivity contribution in [1.82, 2.24) is 9.55 Å². The van der Waals surface area contributed by atoms with Gasteiger partial charge in [0.1, 0.15) is 0 Å². The summed E-state index contributed by atoms with van der Waals surface area (Å²) < 4.78 is 7.71. The largest absolute Gasteiger partial charge is 0.381 e. The van der Waals surface area contributed by atoms with Gasteiger partial charge in [0.05, 0.1) is 12.0 Å². The van der Waals surface area contributed by atoms with Crippen molar-refractivity contribution in [2.45, 2.75) is 33.2 Å². The van der Waals surface area contributed by atoms with Crippen molar-refractivity contribution < 1.29 is 4.74 Å². The lowest BCUT2D eigenvalue weighted by Crippen LogP contribution is -2.04. The molecule has 1 heterocycles. The molecule has 0 fully saturated rings. The van der Waals surface area contributed by atoms with E-state index in [-0.39, 0.29) is 0 Å². The summed E-state index contributed by atoms with van der Waals surface area (Å²) >= 11 is 0. The van der Waals surface area contributed by atoms with Crippen LogP contribution in [0.5, 0.6) is 0 Å². The van der Waals surface area contributed by atoms with Gasteiger partial charge in [0.2, 0.25) is 0 Å². The standard InChI is InChI=1S/C16H22N2O/c1-3-11-19-12-7-10-18-13-17-16(14(18)2)15-8-5-4-6-9-15/h4-6,8-9,13H,3,7,10-12H2,1-2H3. The minimum Gasteiger partial charge on any atom is -0.381 e. The molecular formula is C16H22N2O. The average Bonchev–Trinajstić information content (AvgIpc) is 2.81. The number of ether oxygens (including phenoxy) is 1. The van der Waals surface area contributed by atoms with Crippen LogP contribution in [0.3, 0.4) is 0 Å². The topological polar surface area (TPSA) is 27.1 Å². The third-order valence-corrected chi connectivity index (χ3v) is 3.18. The number of hydrogen-bond acceptors (Lipinski definition) is 2. The SMILES string of the molecule is CCCOCCCn1cnc(-c2ccccc2)c1C. The first-order valence-corrected chi connectivity index (χ1v) is 6.97. The summed E-state index contributed by atoms with van der Waals surface area (Å²) in [5.74, 6) is 0. The molecule has 0 atom stereocenters. The Kier molecular flexibility index (Phi) is 5.16. The van der Waals surface area contributed by atoms with Gasteiger partial charge in [0.15, 0.2) is 0 Å². The zero-order valence-corrected chi connectivity index (χ0v) is 11.8. The van der Waals surface area contributed by atoms with Crippen molar-refractivity contribution in [1.29, 1.82) is 0 Å². The molecule has 0 aliphatic rings. The predicted octanol–water partition coefficient (Wildman–Crippen LogP) is 3.68. The van der Waals surface area contributed by atoms with Crippen LogP contribution in [0.1, 0.15) is 25.5 Å². The van der Waals surface area contributed by atoms with Crippen molar-refractivity contribution in [3.05, 3.63) is 42.4 Å². The summed E-state index contributed by atoms with van der Waals surface area (Å²) in [5, 5.41) is 0. The fourth-order valence-corrected chi connectivity index (χ4v) is 2.13. The van der Waals surface area contributed by atoms with E-state index in [9.17, 15) is 0 Å². The van der Waals surface area contributed by atoms with Gasteiger partial charge < -0.3 is 9.30 Å². The maximum atomic E-state index is 5.50. The van der Waals surface area contributed by atoms with Gasteiger partial charge in [-0.05, 0) is 19.8 Å². The predicted molar refractivity (Wildman–Crippen MR) is 78.1 cm³/mol. The highest BCUT2D eigenvalue weighted by Gasteiger charge is 2.07. The van der Waals surface area contributed by atoms with Crippen molar-refractivity contribution >= 4 is 0 Å². The Labute approximate surface area is 115 Å². The second kappa shape index (κ2) is 7.10. The van der Waals surface area contributed by atoms with Crippen LogP contribution in [0.25, 0.3) is 11.3 Å². The van der Waals surface area contributed by atoms with E-state index in [1.54, 1.807) is 0 Å². The van der Waals surface area contributed by atoms with Crippen LogP contribution in [0.2, 0.25) is 0 Å². The smallest absolute Gasteiger partial charge is 0.0955 e. The quantitative estimate of drug-likeness (QED) is 0.708. The van der Waals surface area contributed by atoms with Gasteiger partial charge in [0, 0.05) is 31.0 Å². The lowest BCUT2D eigenvalue weighted by Gasteiger charge is -2.06. The molecule has 19 heavy (non-hydrogen) atoms. The van der Waals surface area contributed by atoms with Crippen molar-refractivity contribution in [2.75, 3.05) is 13.2 Å². The number of hydrogen-bond donors (Lipinski definition) is 0. The third kappa shape index (κ3) is 3.67. The monoisotopic (exact) mass is 258 g/mol. The van der Waals surface area contributed by atoms with Gasteiger partial charge in [-0.2, -0.15) is 0 Å².